The molecule has 2 nitrogen and oxygen atoms in total. The van der Waals surface area contributed by atoms with Crippen LogP contribution in [-0.2, 0) is 0 Å². The Morgan fingerprint density at radius 3 is 2.17 bits per heavy atom. The zero-order valence-corrected chi connectivity index (χ0v) is 10.4. The average Bonchev–Trinajstić information content (AvgIpc) is 2.41. The van der Waals surface area contributed by atoms with Crippen LogP contribution in [0, 0.1) is 0 Å². The fourth-order valence-electron chi connectivity index (χ4n) is 2.98. The third-order valence-corrected chi connectivity index (χ3v) is 4.03. The van der Waals surface area contributed by atoms with E-state index in [0.29, 0.717) is 5.92 Å². The van der Waals surface area contributed by atoms with E-state index in [1.54, 1.807) is 12.1 Å². The first-order valence-electron chi connectivity index (χ1n) is 6.70. The number of hydrogen-bond donors (Lipinski definition) is 2. The van der Waals surface area contributed by atoms with Crippen molar-refractivity contribution in [2.24, 2.45) is 0 Å². The molecule has 94 valence electrons. The average molecular weight is 242 g/mol. The Morgan fingerprint density at radius 1 is 0.778 bits per heavy atom. The maximum absolute atomic E-state index is 9.57. The van der Waals surface area contributed by atoms with Crippen LogP contribution < -0.4 is 0 Å². The largest absolute Gasteiger partial charge is 0.504 e. The molecule has 2 N–H and O–H groups in total. The molecular formula is C16H18O2. The first-order valence-corrected chi connectivity index (χ1v) is 6.70. The highest BCUT2D eigenvalue weighted by Gasteiger charge is 2.15. The van der Waals surface area contributed by atoms with Crippen molar-refractivity contribution in [3.8, 4) is 11.5 Å². The number of aromatic hydroxyl groups is 2. The SMILES string of the molecule is Oc1cc2ccc(C3CCCCC3)cc2cc1O. The summed E-state index contributed by atoms with van der Waals surface area (Å²) in [6.45, 7) is 0. The summed E-state index contributed by atoms with van der Waals surface area (Å²) in [6.07, 6.45) is 6.55. The summed E-state index contributed by atoms with van der Waals surface area (Å²) >= 11 is 0. The van der Waals surface area contributed by atoms with Crippen LogP contribution in [0.3, 0.4) is 0 Å². The normalized spacial score (nSPS) is 17.1. The van der Waals surface area contributed by atoms with E-state index in [0.717, 1.165) is 10.8 Å². The predicted octanol–water partition coefficient (Wildman–Crippen LogP) is 4.30. The molecule has 1 saturated carbocycles. The van der Waals surface area contributed by atoms with Crippen molar-refractivity contribution in [1.29, 1.82) is 0 Å². The van der Waals surface area contributed by atoms with Gasteiger partial charge in [0.1, 0.15) is 0 Å². The Labute approximate surface area is 107 Å². The number of hydrogen-bond acceptors (Lipinski definition) is 2. The van der Waals surface area contributed by atoms with Crippen LogP contribution in [0.5, 0.6) is 11.5 Å². The molecule has 0 aromatic heterocycles. The smallest absolute Gasteiger partial charge is 0.158 e. The second-order valence-electron chi connectivity index (χ2n) is 5.28. The zero-order chi connectivity index (χ0) is 12.5. The Hall–Kier alpha value is -1.70. The summed E-state index contributed by atoms with van der Waals surface area (Å²) in [5.74, 6) is 0.579. The predicted molar refractivity (Wildman–Crippen MR) is 73.1 cm³/mol. The van der Waals surface area contributed by atoms with Crippen LogP contribution in [0.15, 0.2) is 30.3 Å². The molecule has 0 heterocycles. The minimum Gasteiger partial charge on any atom is -0.504 e. The van der Waals surface area contributed by atoms with Gasteiger partial charge in [0.2, 0.25) is 0 Å². The van der Waals surface area contributed by atoms with Crippen LogP contribution in [-0.4, -0.2) is 10.2 Å². The first kappa shape index (κ1) is 11.4. The molecule has 0 aliphatic heterocycles. The van der Waals surface area contributed by atoms with Crippen LogP contribution in [0.25, 0.3) is 10.8 Å². The Morgan fingerprint density at radius 2 is 1.44 bits per heavy atom. The number of phenolic OH excluding ortho intramolecular Hbond substituents is 2. The van der Waals surface area contributed by atoms with Crippen molar-refractivity contribution in [3.63, 3.8) is 0 Å². The van der Waals surface area contributed by atoms with Crippen molar-refractivity contribution in [2.75, 3.05) is 0 Å². The second kappa shape index (κ2) is 4.52. The standard InChI is InChI=1S/C16H18O2/c17-15-9-13-7-6-12(8-14(13)10-16(15)18)11-4-2-1-3-5-11/h6-11,17-18H,1-5H2. The van der Waals surface area contributed by atoms with Crippen molar-refractivity contribution < 1.29 is 10.2 Å². The molecule has 0 radical (unpaired) electrons. The number of fused-ring (bicyclic) bond motifs is 1. The van der Waals surface area contributed by atoms with Crippen molar-refractivity contribution in [1.82, 2.24) is 0 Å². The maximum atomic E-state index is 9.57. The van der Waals surface area contributed by atoms with Crippen LogP contribution in [0.1, 0.15) is 43.6 Å². The summed E-state index contributed by atoms with van der Waals surface area (Å²) in [5.41, 5.74) is 1.37. The minimum atomic E-state index is -0.0482. The Balaban J connectivity index is 2.02. The zero-order valence-electron chi connectivity index (χ0n) is 10.4. The van der Waals surface area contributed by atoms with E-state index in [-0.39, 0.29) is 11.5 Å². The molecule has 1 fully saturated rings. The second-order valence-corrected chi connectivity index (χ2v) is 5.28. The van der Waals surface area contributed by atoms with E-state index in [1.807, 2.05) is 6.07 Å². The van der Waals surface area contributed by atoms with E-state index in [4.69, 9.17) is 0 Å². The molecule has 2 heteroatoms. The topological polar surface area (TPSA) is 40.5 Å². The number of benzene rings is 2. The van der Waals surface area contributed by atoms with E-state index in [9.17, 15) is 10.2 Å². The molecule has 0 amide bonds. The van der Waals surface area contributed by atoms with Crippen LogP contribution in [0.4, 0.5) is 0 Å². The number of rotatable bonds is 1. The first-order chi connectivity index (χ1) is 8.74. The van der Waals surface area contributed by atoms with E-state index in [1.165, 1.54) is 37.7 Å². The van der Waals surface area contributed by atoms with Crippen molar-refractivity contribution in [2.45, 2.75) is 38.0 Å². The van der Waals surface area contributed by atoms with Gasteiger partial charge in [-0.05, 0) is 47.2 Å². The lowest BCUT2D eigenvalue weighted by molar-refractivity contribution is 0.405. The van der Waals surface area contributed by atoms with E-state index >= 15 is 0 Å². The fourth-order valence-corrected chi connectivity index (χ4v) is 2.98. The van der Waals surface area contributed by atoms with E-state index in [2.05, 4.69) is 12.1 Å². The van der Waals surface area contributed by atoms with Gasteiger partial charge in [-0.2, -0.15) is 0 Å². The molecule has 18 heavy (non-hydrogen) atoms. The van der Waals surface area contributed by atoms with E-state index < -0.39 is 0 Å². The molecular weight excluding hydrogens is 224 g/mol. The lowest BCUT2D eigenvalue weighted by Crippen LogP contribution is -2.04. The molecule has 0 atom stereocenters. The molecule has 1 aliphatic carbocycles. The third kappa shape index (κ3) is 2.03. The van der Waals surface area contributed by atoms with Gasteiger partial charge in [-0.1, -0.05) is 37.5 Å². The summed E-state index contributed by atoms with van der Waals surface area (Å²) < 4.78 is 0. The Bertz CT molecular complexity index is 569. The molecule has 1 aliphatic rings. The van der Waals surface area contributed by atoms with Gasteiger partial charge < -0.3 is 10.2 Å². The molecule has 0 bridgehead atoms. The highest BCUT2D eigenvalue weighted by molar-refractivity contribution is 5.86. The van der Waals surface area contributed by atoms with Gasteiger partial charge in [-0.3, -0.25) is 0 Å². The molecule has 2 aromatic carbocycles. The van der Waals surface area contributed by atoms with Gasteiger partial charge in [0, 0.05) is 0 Å². The van der Waals surface area contributed by atoms with Crippen molar-refractivity contribution >= 4 is 10.8 Å². The highest BCUT2D eigenvalue weighted by Crippen LogP contribution is 2.36. The fraction of sp³-hybridized carbons (Fsp3) is 0.375. The molecule has 3 rings (SSSR count). The van der Waals surface area contributed by atoms with Gasteiger partial charge in [0.05, 0.1) is 0 Å². The van der Waals surface area contributed by atoms with Crippen LogP contribution in [0.2, 0.25) is 0 Å². The lowest BCUT2D eigenvalue weighted by Gasteiger charge is -2.22. The molecule has 2 aromatic rings. The third-order valence-electron chi connectivity index (χ3n) is 4.03. The minimum absolute atomic E-state index is 0.0386. The van der Waals surface area contributed by atoms with Gasteiger partial charge >= 0.3 is 0 Å². The van der Waals surface area contributed by atoms with Gasteiger partial charge in [-0.15, -0.1) is 0 Å². The molecule has 0 unspecified atom stereocenters. The van der Waals surface area contributed by atoms with Crippen molar-refractivity contribution in [3.05, 3.63) is 35.9 Å². The quantitative estimate of drug-likeness (QED) is 0.732. The maximum Gasteiger partial charge on any atom is 0.158 e. The lowest BCUT2D eigenvalue weighted by atomic mass is 9.83. The van der Waals surface area contributed by atoms with Gasteiger partial charge in [-0.25, -0.2) is 0 Å². The molecule has 0 saturated heterocycles. The summed E-state index contributed by atoms with van der Waals surface area (Å²) in [4.78, 5) is 0. The highest BCUT2D eigenvalue weighted by atomic mass is 16.3. The summed E-state index contributed by atoms with van der Waals surface area (Å²) in [7, 11) is 0. The summed E-state index contributed by atoms with van der Waals surface area (Å²) in [6, 6.07) is 9.63. The van der Waals surface area contributed by atoms with Gasteiger partial charge in [0.25, 0.3) is 0 Å². The van der Waals surface area contributed by atoms with Crippen LogP contribution >= 0.6 is 0 Å². The van der Waals surface area contributed by atoms with Gasteiger partial charge in [0.15, 0.2) is 11.5 Å². The monoisotopic (exact) mass is 242 g/mol. The number of phenols is 2. The Kier molecular flexibility index (Phi) is 2.86. The molecule has 0 spiro atoms. The summed E-state index contributed by atoms with van der Waals surface area (Å²) in [5, 5.41) is 21.0.